The molecular formula is C21H18ClNO5. The Bertz CT molecular complexity index is 1090. The minimum atomic E-state index is -1.08. The van der Waals surface area contributed by atoms with E-state index in [1.165, 1.54) is 19.1 Å². The molecule has 6 nitrogen and oxygen atoms in total. The van der Waals surface area contributed by atoms with Crippen molar-refractivity contribution in [3.05, 3.63) is 75.1 Å². The van der Waals surface area contributed by atoms with E-state index in [4.69, 9.17) is 20.8 Å². The Morgan fingerprint density at radius 1 is 1.14 bits per heavy atom. The lowest BCUT2D eigenvalue weighted by Gasteiger charge is -2.13. The van der Waals surface area contributed by atoms with Crippen molar-refractivity contribution in [1.29, 1.82) is 0 Å². The number of carbonyl (C=O) groups is 2. The van der Waals surface area contributed by atoms with E-state index in [1.54, 1.807) is 18.2 Å². The van der Waals surface area contributed by atoms with Crippen LogP contribution in [-0.2, 0) is 16.0 Å². The van der Waals surface area contributed by atoms with E-state index in [9.17, 15) is 14.4 Å². The van der Waals surface area contributed by atoms with Crippen LogP contribution >= 0.6 is 11.6 Å². The monoisotopic (exact) mass is 399 g/mol. The molecule has 3 rings (SSSR count). The number of anilines is 1. The van der Waals surface area contributed by atoms with Crippen molar-refractivity contribution >= 4 is 40.1 Å². The van der Waals surface area contributed by atoms with Gasteiger partial charge in [0, 0.05) is 16.8 Å². The number of ether oxygens (including phenoxy) is 1. The van der Waals surface area contributed by atoms with Crippen LogP contribution in [-0.4, -0.2) is 18.0 Å². The Morgan fingerprint density at radius 3 is 2.54 bits per heavy atom. The first-order valence-corrected chi connectivity index (χ1v) is 9.09. The maximum absolute atomic E-state index is 12.3. The molecule has 0 unspecified atom stereocenters. The first-order valence-electron chi connectivity index (χ1n) is 8.71. The number of aryl methyl sites for hydroxylation is 1. The molecule has 0 aliphatic rings. The van der Waals surface area contributed by atoms with E-state index in [2.05, 4.69) is 5.32 Å². The smallest absolute Gasteiger partial charge is 0.375 e. The van der Waals surface area contributed by atoms with Crippen molar-refractivity contribution in [3.63, 3.8) is 0 Å². The first-order chi connectivity index (χ1) is 13.4. The van der Waals surface area contributed by atoms with E-state index < -0.39 is 23.4 Å². The summed E-state index contributed by atoms with van der Waals surface area (Å²) >= 11 is 5.86. The third-order valence-electron chi connectivity index (χ3n) is 4.17. The molecule has 0 aliphatic heterocycles. The summed E-state index contributed by atoms with van der Waals surface area (Å²) in [6.07, 6.45) is -0.185. The average molecular weight is 400 g/mol. The topological polar surface area (TPSA) is 85.6 Å². The molecule has 3 aromatic rings. The first kappa shape index (κ1) is 19.6. The van der Waals surface area contributed by atoms with Crippen molar-refractivity contribution in [2.45, 2.75) is 26.4 Å². The van der Waals surface area contributed by atoms with Gasteiger partial charge in [0.1, 0.15) is 5.58 Å². The van der Waals surface area contributed by atoms with Crippen LogP contribution in [0.4, 0.5) is 5.69 Å². The molecule has 1 heterocycles. The summed E-state index contributed by atoms with van der Waals surface area (Å²) in [5.41, 5.74) is 1.52. The molecule has 1 N–H and O–H groups in total. The van der Waals surface area contributed by atoms with Crippen LogP contribution in [0.2, 0.25) is 5.02 Å². The number of esters is 1. The number of nitrogens with one attached hydrogen (secondary N) is 1. The molecule has 0 bridgehead atoms. The van der Waals surface area contributed by atoms with E-state index in [0.29, 0.717) is 10.7 Å². The lowest BCUT2D eigenvalue weighted by atomic mass is 10.1. The second kappa shape index (κ2) is 8.27. The number of hydrogen-bond donors (Lipinski definition) is 1. The van der Waals surface area contributed by atoms with E-state index in [1.807, 2.05) is 19.1 Å². The standard InChI is InChI=1S/C21H18ClNO5/c1-3-13-4-7-15(8-5-13)23-20(25)12(2)27-21(26)19-11-17(24)16-10-14(22)6-9-18(16)28-19/h4-12H,3H2,1-2H3,(H,23,25)/t12-/m0/s1. The zero-order valence-electron chi connectivity index (χ0n) is 15.3. The molecule has 1 aromatic heterocycles. The van der Waals surface area contributed by atoms with Gasteiger partial charge in [-0.1, -0.05) is 30.7 Å². The Labute approximate surface area is 166 Å². The third-order valence-corrected chi connectivity index (χ3v) is 4.41. The maximum Gasteiger partial charge on any atom is 0.375 e. The summed E-state index contributed by atoms with van der Waals surface area (Å²) in [6, 6.07) is 12.9. The van der Waals surface area contributed by atoms with Crippen LogP contribution in [0, 0.1) is 0 Å². The molecular weight excluding hydrogens is 382 g/mol. The minimum Gasteiger partial charge on any atom is -0.449 e. The van der Waals surface area contributed by atoms with Gasteiger partial charge in [-0.25, -0.2) is 4.79 Å². The third kappa shape index (κ3) is 4.40. The van der Waals surface area contributed by atoms with Gasteiger partial charge < -0.3 is 14.5 Å². The Hall–Kier alpha value is -3.12. The Kier molecular flexibility index (Phi) is 5.80. The highest BCUT2D eigenvalue weighted by Gasteiger charge is 2.21. The number of hydrogen-bond acceptors (Lipinski definition) is 5. The van der Waals surface area contributed by atoms with Crippen molar-refractivity contribution in [1.82, 2.24) is 0 Å². The highest BCUT2D eigenvalue weighted by molar-refractivity contribution is 6.31. The van der Waals surface area contributed by atoms with Gasteiger partial charge in [0.2, 0.25) is 5.76 Å². The maximum atomic E-state index is 12.3. The number of amides is 1. The quantitative estimate of drug-likeness (QED) is 0.650. The van der Waals surface area contributed by atoms with Crippen LogP contribution in [0.15, 0.2) is 57.7 Å². The SMILES string of the molecule is CCc1ccc(NC(=O)[C@H](C)OC(=O)c2cc(=O)c3cc(Cl)ccc3o2)cc1. The number of halogens is 1. The predicted molar refractivity (Wildman–Crippen MR) is 107 cm³/mol. The summed E-state index contributed by atoms with van der Waals surface area (Å²) in [5.74, 6) is -1.68. The van der Waals surface area contributed by atoms with Gasteiger partial charge in [-0.05, 0) is 49.2 Å². The van der Waals surface area contributed by atoms with Gasteiger partial charge in [0.15, 0.2) is 11.5 Å². The van der Waals surface area contributed by atoms with Crippen LogP contribution in [0.5, 0.6) is 0 Å². The van der Waals surface area contributed by atoms with Gasteiger partial charge in [-0.3, -0.25) is 9.59 Å². The summed E-state index contributed by atoms with van der Waals surface area (Å²) in [4.78, 5) is 36.7. The molecule has 1 atom stereocenters. The van der Waals surface area contributed by atoms with Gasteiger partial charge >= 0.3 is 5.97 Å². The minimum absolute atomic E-state index is 0.206. The molecule has 0 radical (unpaired) electrons. The number of benzene rings is 2. The Morgan fingerprint density at radius 2 is 1.86 bits per heavy atom. The van der Waals surface area contributed by atoms with E-state index in [0.717, 1.165) is 18.1 Å². The lowest BCUT2D eigenvalue weighted by Crippen LogP contribution is -2.30. The van der Waals surface area contributed by atoms with Crippen molar-refractivity contribution < 1.29 is 18.7 Å². The molecule has 1 amide bonds. The summed E-state index contributed by atoms with van der Waals surface area (Å²) in [7, 11) is 0. The number of carbonyl (C=O) groups excluding carboxylic acids is 2. The lowest BCUT2D eigenvalue weighted by molar-refractivity contribution is -0.123. The van der Waals surface area contributed by atoms with Gasteiger partial charge in [-0.15, -0.1) is 0 Å². The zero-order valence-corrected chi connectivity index (χ0v) is 16.1. The largest absolute Gasteiger partial charge is 0.449 e. The molecule has 0 spiro atoms. The molecule has 7 heteroatoms. The second-order valence-electron chi connectivity index (χ2n) is 6.20. The number of rotatable bonds is 5. The fourth-order valence-corrected chi connectivity index (χ4v) is 2.74. The normalized spacial score (nSPS) is 11.8. The average Bonchev–Trinajstić information content (AvgIpc) is 2.68. The molecule has 2 aromatic carbocycles. The van der Waals surface area contributed by atoms with Crippen molar-refractivity contribution in [3.8, 4) is 0 Å². The summed E-state index contributed by atoms with van der Waals surface area (Å²) < 4.78 is 10.6. The fraction of sp³-hybridized carbons (Fsp3) is 0.190. The van der Waals surface area contributed by atoms with Crippen molar-refractivity contribution in [2.75, 3.05) is 5.32 Å². The van der Waals surface area contributed by atoms with Crippen LogP contribution in [0.3, 0.4) is 0 Å². The summed E-state index contributed by atoms with van der Waals surface area (Å²) in [6.45, 7) is 3.47. The predicted octanol–water partition coefficient (Wildman–Crippen LogP) is 4.19. The molecule has 0 saturated carbocycles. The van der Waals surface area contributed by atoms with Crippen LogP contribution < -0.4 is 10.7 Å². The highest BCUT2D eigenvalue weighted by Crippen LogP contribution is 2.18. The molecule has 28 heavy (non-hydrogen) atoms. The molecule has 0 fully saturated rings. The van der Waals surface area contributed by atoms with Crippen molar-refractivity contribution in [2.24, 2.45) is 0 Å². The van der Waals surface area contributed by atoms with Gasteiger partial charge in [-0.2, -0.15) is 0 Å². The molecule has 0 saturated heterocycles. The number of fused-ring (bicyclic) bond motifs is 1. The van der Waals surface area contributed by atoms with Gasteiger partial charge in [0.05, 0.1) is 5.39 Å². The van der Waals surface area contributed by atoms with Crippen LogP contribution in [0.25, 0.3) is 11.0 Å². The summed E-state index contributed by atoms with van der Waals surface area (Å²) in [5, 5.41) is 3.31. The van der Waals surface area contributed by atoms with E-state index in [-0.39, 0.29) is 16.7 Å². The fourth-order valence-electron chi connectivity index (χ4n) is 2.57. The van der Waals surface area contributed by atoms with Crippen LogP contribution in [0.1, 0.15) is 30.0 Å². The highest BCUT2D eigenvalue weighted by atomic mass is 35.5. The second-order valence-corrected chi connectivity index (χ2v) is 6.64. The van der Waals surface area contributed by atoms with E-state index >= 15 is 0 Å². The molecule has 144 valence electrons. The zero-order chi connectivity index (χ0) is 20.3. The van der Waals surface area contributed by atoms with Gasteiger partial charge in [0.25, 0.3) is 5.91 Å². The Balaban J connectivity index is 1.71. The molecule has 0 aliphatic carbocycles.